The first-order chi connectivity index (χ1) is 16.4. The van der Waals surface area contributed by atoms with E-state index in [1.165, 1.54) is 7.11 Å². The molecule has 2 aromatic heterocycles. The standard InChI is InChI=1S/C23H22BrClN4O5/c1-32-22(31)14-3-6-16(7-4-14)33-20-9-2-13(12-26-20)10-19(30)21-28-29-23(34-21)27-18-8-5-15(24)11-17(18)25/h2,5,8-9,11-12,14,16H,3-4,6-7,10H2,1H3,(H,27,29). The van der Waals surface area contributed by atoms with E-state index < -0.39 is 0 Å². The van der Waals surface area contributed by atoms with Gasteiger partial charge >= 0.3 is 12.0 Å². The SMILES string of the molecule is COC(=O)C1CCC(Oc2ccc(CC(=O)c3nnc(Nc4ccc(Br)cc4Cl)o3)cn2)CC1. The highest BCUT2D eigenvalue weighted by Crippen LogP contribution is 2.29. The van der Waals surface area contributed by atoms with Crippen molar-refractivity contribution in [1.29, 1.82) is 0 Å². The van der Waals surface area contributed by atoms with Crippen molar-refractivity contribution in [3.8, 4) is 5.88 Å². The molecule has 11 heteroatoms. The van der Waals surface area contributed by atoms with E-state index in [0.29, 0.717) is 22.2 Å². The van der Waals surface area contributed by atoms with Crippen LogP contribution in [-0.2, 0) is 16.0 Å². The molecular weight excluding hydrogens is 528 g/mol. The van der Waals surface area contributed by atoms with Crippen LogP contribution in [0.3, 0.4) is 0 Å². The van der Waals surface area contributed by atoms with Gasteiger partial charge in [0.25, 0.3) is 5.89 Å². The second kappa shape index (κ2) is 11.0. The summed E-state index contributed by atoms with van der Waals surface area (Å²) in [7, 11) is 1.41. The van der Waals surface area contributed by atoms with Gasteiger partial charge in [0.1, 0.15) is 6.10 Å². The predicted octanol–water partition coefficient (Wildman–Crippen LogP) is 5.16. The number of nitrogens with one attached hydrogen (secondary N) is 1. The number of benzene rings is 1. The van der Waals surface area contributed by atoms with E-state index in [1.807, 2.05) is 6.07 Å². The highest BCUT2D eigenvalue weighted by Gasteiger charge is 2.28. The van der Waals surface area contributed by atoms with Crippen molar-refractivity contribution in [2.75, 3.05) is 12.4 Å². The molecule has 4 rings (SSSR count). The number of anilines is 2. The molecule has 0 aliphatic heterocycles. The van der Waals surface area contributed by atoms with Crippen LogP contribution in [0.15, 0.2) is 45.4 Å². The zero-order valence-corrected chi connectivity index (χ0v) is 20.6. The summed E-state index contributed by atoms with van der Waals surface area (Å²) in [5.41, 5.74) is 1.27. The summed E-state index contributed by atoms with van der Waals surface area (Å²) in [6, 6.07) is 8.85. The molecule has 0 atom stereocenters. The minimum absolute atomic E-state index is 0.00410. The molecule has 9 nitrogen and oxygen atoms in total. The minimum Gasteiger partial charge on any atom is -0.474 e. The summed E-state index contributed by atoms with van der Waals surface area (Å²) in [6.45, 7) is 0. The fraction of sp³-hybridized carbons (Fsp3) is 0.348. The lowest BCUT2D eigenvalue weighted by Crippen LogP contribution is -2.28. The van der Waals surface area contributed by atoms with Gasteiger partial charge in [-0.3, -0.25) is 9.59 Å². The molecule has 178 valence electrons. The number of carbonyl (C=O) groups is 2. The number of ether oxygens (including phenoxy) is 2. The number of Topliss-reactive ketones (excluding diaryl/α,β-unsaturated/α-hetero) is 1. The molecule has 0 saturated heterocycles. The lowest BCUT2D eigenvalue weighted by atomic mass is 9.87. The number of rotatable bonds is 8. The lowest BCUT2D eigenvalue weighted by Gasteiger charge is -2.27. The number of hydrogen-bond acceptors (Lipinski definition) is 9. The molecule has 1 fully saturated rings. The summed E-state index contributed by atoms with van der Waals surface area (Å²) < 4.78 is 17.0. The first-order valence-electron chi connectivity index (χ1n) is 10.7. The fourth-order valence-corrected chi connectivity index (χ4v) is 4.41. The maximum absolute atomic E-state index is 12.6. The molecule has 0 unspecified atom stereocenters. The van der Waals surface area contributed by atoms with Gasteiger partial charge in [-0.15, -0.1) is 5.10 Å². The van der Waals surface area contributed by atoms with E-state index >= 15 is 0 Å². The molecule has 1 aliphatic carbocycles. The van der Waals surface area contributed by atoms with Crippen molar-refractivity contribution in [2.45, 2.75) is 38.2 Å². The largest absolute Gasteiger partial charge is 0.474 e. The molecule has 1 aromatic carbocycles. The highest BCUT2D eigenvalue weighted by atomic mass is 79.9. The Hall–Kier alpha value is -2.98. The number of ketones is 1. The molecule has 0 amide bonds. The normalized spacial score (nSPS) is 17.7. The molecule has 1 saturated carbocycles. The van der Waals surface area contributed by atoms with Gasteiger partial charge in [-0.25, -0.2) is 4.98 Å². The Kier molecular flexibility index (Phi) is 7.79. The van der Waals surface area contributed by atoms with Gasteiger partial charge in [-0.05, 0) is 49.4 Å². The van der Waals surface area contributed by atoms with Crippen molar-refractivity contribution in [3.63, 3.8) is 0 Å². The van der Waals surface area contributed by atoms with Crippen molar-refractivity contribution < 1.29 is 23.5 Å². The van der Waals surface area contributed by atoms with Crippen LogP contribution in [0.1, 0.15) is 41.9 Å². The predicted molar refractivity (Wildman–Crippen MR) is 127 cm³/mol. The minimum atomic E-state index is -0.334. The monoisotopic (exact) mass is 548 g/mol. The molecule has 0 bridgehead atoms. The first-order valence-corrected chi connectivity index (χ1v) is 11.9. The lowest BCUT2D eigenvalue weighted by molar-refractivity contribution is -0.147. The number of halogens is 2. The van der Waals surface area contributed by atoms with Crippen LogP contribution in [0.5, 0.6) is 5.88 Å². The van der Waals surface area contributed by atoms with E-state index in [1.54, 1.807) is 30.5 Å². The van der Waals surface area contributed by atoms with E-state index in [-0.39, 0.29) is 42.1 Å². The van der Waals surface area contributed by atoms with Gasteiger partial charge in [0, 0.05) is 23.2 Å². The Labute approximate surface area is 209 Å². The molecule has 1 aliphatic rings. The zero-order chi connectivity index (χ0) is 24.1. The second-order valence-corrected chi connectivity index (χ2v) is 9.20. The van der Waals surface area contributed by atoms with Gasteiger partial charge in [-0.2, -0.15) is 0 Å². The first kappa shape index (κ1) is 24.2. The zero-order valence-electron chi connectivity index (χ0n) is 18.3. The number of methoxy groups -OCH3 is 1. The Morgan fingerprint density at radius 3 is 2.65 bits per heavy atom. The highest BCUT2D eigenvalue weighted by molar-refractivity contribution is 9.10. The smallest absolute Gasteiger partial charge is 0.320 e. The molecule has 3 aromatic rings. The number of carbonyl (C=O) groups excluding carboxylic acids is 2. The summed E-state index contributed by atoms with van der Waals surface area (Å²) >= 11 is 9.51. The van der Waals surface area contributed by atoms with Gasteiger partial charge in [0.2, 0.25) is 11.7 Å². The van der Waals surface area contributed by atoms with E-state index in [9.17, 15) is 9.59 Å². The topological polar surface area (TPSA) is 116 Å². The number of pyridine rings is 1. The molecular formula is C23H22BrClN4O5. The summed E-state index contributed by atoms with van der Waals surface area (Å²) in [4.78, 5) is 28.5. The maximum atomic E-state index is 12.6. The quantitative estimate of drug-likeness (QED) is 0.300. The molecule has 2 heterocycles. The third kappa shape index (κ3) is 6.12. The average molecular weight is 550 g/mol. The van der Waals surface area contributed by atoms with Crippen LogP contribution in [0.4, 0.5) is 11.7 Å². The van der Waals surface area contributed by atoms with Gasteiger partial charge in [-0.1, -0.05) is 38.7 Å². The van der Waals surface area contributed by atoms with Gasteiger partial charge in [0.15, 0.2) is 0 Å². The Morgan fingerprint density at radius 1 is 1.18 bits per heavy atom. The fourth-order valence-electron chi connectivity index (χ4n) is 3.69. The third-order valence-electron chi connectivity index (χ3n) is 5.49. The number of aromatic nitrogens is 3. The van der Waals surface area contributed by atoms with E-state index in [4.69, 9.17) is 25.5 Å². The summed E-state index contributed by atoms with van der Waals surface area (Å²) in [5.74, 6) is -0.184. The van der Waals surface area contributed by atoms with Crippen LogP contribution in [0.2, 0.25) is 5.02 Å². The maximum Gasteiger partial charge on any atom is 0.320 e. The van der Waals surface area contributed by atoms with Gasteiger partial charge in [0.05, 0.1) is 23.7 Å². The Balaban J connectivity index is 1.29. The van der Waals surface area contributed by atoms with Crippen molar-refractivity contribution in [1.82, 2.24) is 15.2 Å². The van der Waals surface area contributed by atoms with Gasteiger partial charge < -0.3 is 19.2 Å². The molecule has 34 heavy (non-hydrogen) atoms. The van der Waals surface area contributed by atoms with Crippen LogP contribution in [0.25, 0.3) is 0 Å². The number of nitrogens with zero attached hydrogens (tertiary/aromatic N) is 3. The van der Waals surface area contributed by atoms with Crippen molar-refractivity contribution >= 4 is 51.0 Å². The van der Waals surface area contributed by atoms with Crippen LogP contribution >= 0.6 is 27.5 Å². The molecule has 0 spiro atoms. The Bertz CT molecular complexity index is 1160. The number of hydrogen-bond donors (Lipinski definition) is 1. The van der Waals surface area contributed by atoms with Crippen molar-refractivity contribution in [2.24, 2.45) is 5.92 Å². The van der Waals surface area contributed by atoms with Crippen molar-refractivity contribution in [3.05, 3.63) is 57.5 Å². The average Bonchev–Trinajstić information content (AvgIpc) is 3.31. The third-order valence-corrected chi connectivity index (χ3v) is 6.30. The Morgan fingerprint density at radius 2 is 1.97 bits per heavy atom. The van der Waals surface area contributed by atoms with Crippen LogP contribution < -0.4 is 10.1 Å². The number of esters is 1. The van der Waals surface area contributed by atoms with E-state index in [0.717, 1.165) is 30.2 Å². The second-order valence-electron chi connectivity index (χ2n) is 7.88. The summed E-state index contributed by atoms with van der Waals surface area (Å²) in [6.07, 6.45) is 4.64. The molecule has 1 N–H and O–H groups in total. The molecule has 0 radical (unpaired) electrons. The summed E-state index contributed by atoms with van der Waals surface area (Å²) in [5, 5.41) is 11.0. The van der Waals surface area contributed by atoms with Crippen LogP contribution in [-0.4, -0.2) is 40.1 Å². The van der Waals surface area contributed by atoms with Crippen LogP contribution in [0, 0.1) is 5.92 Å². The van der Waals surface area contributed by atoms with E-state index in [2.05, 4.69) is 36.4 Å².